The summed E-state index contributed by atoms with van der Waals surface area (Å²) in [6.07, 6.45) is 1.00. The number of rotatable bonds is 1. The summed E-state index contributed by atoms with van der Waals surface area (Å²) < 4.78 is 0. The number of aryl methyl sites for hydroxylation is 2. The first-order valence-corrected chi connectivity index (χ1v) is 7.10. The fourth-order valence-corrected chi connectivity index (χ4v) is 3.47. The van der Waals surface area contributed by atoms with Gasteiger partial charge < -0.3 is 10.2 Å². The summed E-state index contributed by atoms with van der Waals surface area (Å²) in [5, 5.41) is 20.0. The number of phenols is 2. The molecule has 3 rings (SSSR count). The first-order chi connectivity index (χ1) is 9.49. The molecule has 2 aromatic carbocycles. The molecule has 0 amide bonds. The van der Waals surface area contributed by atoms with Crippen LogP contribution in [-0.4, -0.2) is 10.2 Å². The predicted octanol–water partition coefficient (Wildman–Crippen LogP) is 4.04. The quantitative estimate of drug-likeness (QED) is 0.819. The van der Waals surface area contributed by atoms with Crippen molar-refractivity contribution < 1.29 is 10.2 Å². The highest BCUT2D eigenvalue weighted by molar-refractivity contribution is 5.54. The van der Waals surface area contributed by atoms with Crippen molar-refractivity contribution in [3.63, 3.8) is 0 Å². The minimum atomic E-state index is 0.212. The van der Waals surface area contributed by atoms with Crippen molar-refractivity contribution in [2.24, 2.45) is 5.92 Å². The van der Waals surface area contributed by atoms with E-state index in [1.165, 1.54) is 16.7 Å². The molecule has 0 heterocycles. The van der Waals surface area contributed by atoms with Crippen LogP contribution in [0.25, 0.3) is 0 Å². The first kappa shape index (κ1) is 13.0. The maximum atomic E-state index is 10.3. The minimum absolute atomic E-state index is 0.212. The molecule has 104 valence electrons. The Morgan fingerprint density at radius 3 is 2.35 bits per heavy atom. The second kappa shape index (κ2) is 4.55. The highest BCUT2D eigenvalue weighted by Crippen LogP contribution is 2.47. The van der Waals surface area contributed by atoms with Crippen molar-refractivity contribution in [1.29, 1.82) is 0 Å². The van der Waals surface area contributed by atoms with Gasteiger partial charge in [0, 0.05) is 11.5 Å². The van der Waals surface area contributed by atoms with E-state index in [0.717, 1.165) is 17.5 Å². The lowest BCUT2D eigenvalue weighted by Crippen LogP contribution is -2.06. The van der Waals surface area contributed by atoms with Gasteiger partial charge in [-0.3, -0.25) is 0 Å². The Bertz CT molecular complexity index is 673. The van der Waals surface area contributed by atoms with Gasteiger partial charge in [0.15, 0.2) is 0 Å². The molecule has 0 spiro atoms. The van der Waals surface area contributed by atoms with Crippen molar-refractivity contribution in [1.82, 2.24) is 0 Å². The Balaban J connectivity index is 2.17. The maximum Gasteiger partial charge on any atom is 0.119 e. The second-order valence-electron chi connectivity index (χ2n) is 6.00. The van der Waals surface area contributed by atoms with Crippen LogP contribution in [0.4, 0.5) is 0 Å². The molecule has 0 aliphatic heterocycles. The van der Waals surface area contributed by atoms with Crippen LogP contribution < -0.4 is 0 Å². The van der Waals surface area contributed by atoms with Crippen molar-refractivity contribution in [2.45, 2.75) is 33.1 Å². The van der Waals surface area contributed by atoms with E-state index in [-0.39, 0.29) is 5.92 Å². The largest absolute Gasteiger partial charge is 0.508 e. The number of hydrogen-bond donors (Lipinski definition) is 2. The Kier molecular flexibility index (Phi) is 2.97. The van der Waals surface area contributed by atoms with Crippen molar-refractivity contribution in [3.8, 4) is 11.5 Å². The third kappa shape index (κ3) is 1.87. The van der Waals surface area contributed by atoms with Crippen LogP contribution in [0.1, 0.15) is 40.7 Å². The van der Waals surface area contributed by atoms with E-state index in [0.29, 0.717) is 17.4 Å². The molecule has 2 unspecified atom stereocenters. The van der Waals surface area contributed by atoms with Gasteiger partial charge in [-0.05, 0) is 60.6 Å². The van der Waals surface area contributed by atoms with Crippen LogP contribution in [0, 0.1) is 19.8 Å². The van der Waals surface area contributed by atoms with Gasteiger partial charge in [-0.1, -0.05) is 25.1 Å². The Morgan fingerprint density at radius 1 is 0.950 bits per heavy atom. The molecule has 1 aliphatic rings. The summed E-state index contributed by atoms with van der Waals surface area (Å²) >= 11 is 0. The lowest BCUT2D eigenvalue weighted by molar-refractivity contribution is 0.458. The molecule has 20 heavy (non-hydrogen) atoms. The fourth-order valence-electron chi connectivity index (χ4n) is 3.47. The van der Waals surface area contributed by atoms with Crippen molar-refractivity contribution >= 4 is 0 Å². The van der Waals surface area contributed by atoms with Crippen molar-refractivity contribution in [3.05, 3.63) is 58.1 Å². The minimum Gasteiger partial charge on any atom is -0.508 e. The van der Waals surface area contributed by atoms with Crippen LogP contribution in [0.5, 0.6) is 11.5 Å². The molecule has 0 fully saturated rings. The third-order valence-electron chi connectivity index (χ3n) is 4.55. The average Bonchev–Trinajstić information content (AvgIpc) is 2.76. The summed E-state index contributed by atoms with van der Waals surface area (Å²) in [5.74, 6) is 1.39. The predicted molar refractivity (Wildman–Crippen MR) is 80.4 cm³/mol. The summed E-state index contributed by atoms with van der Waals surface area (Å²) in [5.41, 5.74) is 5.67. The van der Waals surface area contributed by atoms with Crippen molar-refractivity contribution in [2.75, 3.05) is 0 Å². The lowest BCUT2D eigenvalue weighted by atomic mass is 9.85. The van der Waals surface area contributed by atoms with E-state index in [4.69, 9.17) is 0 Å². The normalized spacial score (nSPS) is 20.9. The zero-order valence-electron chi connectivity index (χ0n) is 12.1. The third-order valence-corrected chi connectivity index (χ3v) is 4.55. The Hall–Kier alpha value is -1.96. The molecular weight excluding hydrogens is 248 g/mol. The summed E-state index contributed by atoms with van der Waals surface area (Å²) in [6, 6.07) is 9.55. The van der Waals surface area contributed by atoms with Gasteiger partial charge in [0.25, 0.3) is 0 Å². The van der Waals surface area contributed by atoms with Gasteiger partial charge in [-0.25, -0.2) is 0 Å². The molecule has 1 aliphatic carbocycles. The zero-order chi connectivity index (χ0) is 14.4. The molecule has 0 aromatic heterocycles. The van der Waals surface area contributed by atoms with E-state index in [2.05, 4.69) is 13.8 Å². The van der Waals surface area contributed by atoms with E-state index < -0.39 is 0 Å². The van der Waals surface area contributed by atoms with Crippen LogP contribution in [0.2, 0.25) is 0 Å². The van der Waals surface area contributed by atoms with E-state index >= 15 is 0 Å². The van der Waals surface area contributed by atoms with Gasteiger partial charge in [0.2, 0.25) is 0 Å². The number of fused-ring (bicyclic) bond motifs is 1. The lowest BCUT2D eigenvalue weighted by Gasteiger charge is -2.19. The standard InChI is InChI=1S/C18H20O2/c1-10-4-6-16(20)18-14(10)9-12(3)17(18)13-5-7-15(19)11(2)8-13/h4-8,12,17,19-20H,9H2,1-3H3. The zero-order valence-corrected chi connectivity index (χ0v) is 12.1. The molecule has 0 bridgehead atoms. The van der Waals surface area contributed by atoms with E-state index in [1.807, 2.05) is 25.1 Å². The molecule has 0 saturated heterocycles. The summed E-state index contributed by atoms with van der Waals surface area (Å²) in [6.45, 7) is 6.25. The van der Waals surface area contributed by atoms with Gasteiger partial charge >= 0.3 is 0 Å². The van der Waals surface area contributed by atoms with E-state index in [1.54, 1.807) is 12.1 Å². The monoisotopic (exact) mass is 268 g/mol. The molecule has 2 N–H and O–H groups in total. The first-order valence-electron chi connectivity index (χ1n) is 7.10. The maximum absolute atomic E-state index is 10.3. The molecule has 2 nitrogen and oxygen atoms in total. The average molecular weight is 268 g/mol. The van der Waals surface area contributed by atoms with Crippen LogP contribution >= 0.6 is 0 Å². The summed E-state index contributed by atoms with van der Waals surface area (Å²) in [4.78, 5) is 0. The molecule has 2 heteroatoms. The number of benzene rings is 2. The van der Waals surface area contributed by atoms with E-state index in [9.17, 15) is 10.2 Å². The molecule has 2 atom stereocenters. The Labute approximate surface area is 119 Å². The fraction of sp³-hybridized carbons (Fsp3) is 0.333. The highest BCUT2D eigenvalue weighted by atomic mass is 16.3. The molecule has 2 aromatic rings. The topological polar surface area (TPSA) is 40.5 Å². The molecule has 0 radical (unpaired) electrons. The van der Waals surface area contributed by atoms with Crippen LogP contribution in [0.3, 0.4) is 0 Å². The highest BCUT2D eigenvalue weighted by Gasteiger charge is 2.34. The smallest absolute Gasteiger partial charge is 0.119 e. The van der Waals surface area contributed by atoms with Gasteiger partial charge in [0.05, 0.1) is 0 Å². The van der Waals surface area contributed by atoms with Crippen LogP contribution in [-0.2, 0) is 6.42 Å². The van der Waals surface area contributed by atoms with Gasteiger partial charge in [-0.2, -0.15) is 0 Å². The molecular formula is C18H20O2. The Morgan fingerprint density at radius 2 is 1.65 bits per heavy atom. The second-order valence-corrected chi connectivity index (χ2v) is 6.00. The van der Waals surface area contributed by atoms with Gasteiger partial charge in [-0.15, -0.1) is 0 Å². The SMILES string of the molecule is Cc1cc(C2c3c(O)ccc(C)c3CC2C)ccc1O. The number of aromatic hydroxyl groups is 2. The number of phenolic OH excluding ortho intramolecular Hbond substituents is 2. The van der Waals surface area contributed by atoms with Gasteiger partial charge in [0.1, 0.15) is 11.5 Å². The number of hydrogen-bond acceptors (Lipinski definition) is 2. The van der Waals surface area contributed by atoms with Crippen LogP contribution in [0.15, 0.2) is 30.3 Å². The molecule has 0 saturated carbocycles. The summed E-state index contributed by atoms with van der Waals surface area (Å²) in [7, 11) is 0.